The van der Waals surface area contributed by atoms with Gasteiger partial charge in [0.25, 0.3) is 0 Å². The molecule has 3 N–H and O–H groups in total. The molecule has 1 fully saturated rings. The van der Waals surface area contributed by atoms with Crippen molar-refractivity contribution in [1.82, 2.24) is 4.98 Å². The first-order valence-corrected chi connectivity index (χ1v) is 5.35. The van der Waals surface area contributed by atoms with Crippen LogP contribution in [0.2, 0.25) is 0 Å². The van der Waals surface area contributed by atoms with Crippen molar-refractivity contribution in [3.8, 4) is 0 Å². The van der Waals surface area contributed by atoms with Crippen LogP contribution in [0.3, 0.4) is 0 Å². The van der Waals surface area contributed by atoms with Crippen LogP contribution in [0.1, 0.15) is 12.8 Å². The Morgan fingerprint density at radius 3 is 2.75 bits per heavy atom. The van der Waals surface area contributed by atoms with Gasteiger partial charge in [0.2, 0.25) is 0 Å². The van der Waals surface area contributed by atoms with Crippen LogP contribution in [0.25, 0.3) is 0 Å². The van der Waals surface area contributed by atoms with Crippen LogP contribution in [0.15, 0.2) is 18.5 Å². The molecule has 0 aliphatic carbocycles. The number of aromatic nitrogens is 1. The molecule has 5 nitrogen and oxygen atoms in total. The zero-order valence-electron chi connectivity index (χ0n) is 8.97. The average molecular weight is 221 g/mol. The van der Waals surface area contributed by atoms with Gasteiger partial charge in [0.1, 0.15) is 0 Å². The zero-order chi connectivity index (χ0) is 11.5. The summed E-state index contributed by atoms with van der Waals surface area (Å²) in [5.74, 6) is -0.901. The SMILES string of the molecule is Nc1cnccc1N1CCC(C(=O)O)CC1. The molecule has 1 saturated heterocycles. The van der Waals surface area contributed by atoms with Gasteiger partial charge in [-0.3, -0.25) is 9.78 Å². The van der Waals surface area contributed by atoms with E-state index in [2.05, 4.69) is 9.88 Å². The number of carboxylic acid groups (broad SMARTS) is 1. The van der Waals surface area contributed by atoms with Crippen molar-refractivity contribution in [2.75, 3.05) is 23.7 Å². The summed E-state index contributed by atoms with van der Waals surface area (Å²) < 4.78 is 0. The van der Waals surface area contributed by atoms with E-state index in [0.717, 1.165) is 18.8 Å². The summed E-state index contributed by atoms with van der Waals surface area (Å²) in [4.78, 5) is 16.9. The summed E-state index contributed by atoms with van der Waals surface area (Å²) in [6.07, 6.45) is 4.68. The highest BCUT2D eigenvalue weighted by molar-refractivity contribution is 5.71. The van der Waals surface area contributed by atoms with Gasteiger partial charge in [-0.15, -0.1) is 0 Å². The fourth-order valence-electron chi connectivity index (χ4n) is 2.05. The average Bonchev–Trinajstić information content (AvgIpc) is 2.30. The highest BCUT2D eigenvalue weighted by atomic mass is 16.4. The van der Waals surface area contributed by atoms with E-state index in [4.69, 9.17) is 10.8 Å². The molecule has 16 heavy (non-hydrogen) atoms. The summed E-state index contributed by atoms with van der Waals surface area (Å²) >= 11 is 0. The Morgan fingerprint density at radius 1 is 1.50 bits per heavy atom. The second-order valence-electron chi connectivity index (χ2n) is 4.03. The highest BCUT2D eigenvalue weighted by Crippen LogP contribution is 2.26. The summed E-state index contributed by atoms with van der Waals surface area (Å²) in [5.41, 5.74) is 7.43. The number of rotatable bonds is 2. The van der Waals surface area contributed by atoms with Gasteiger partial charge >= 0.3 is 5.97 Å². The van der Waals surface area contributed by atoms with Crippen LogP contribution in [0.4, 0.5) is 11.4 Å². The van der Waals surface area contributed by atoms with E-state index in [1.807, 2.05) is 6.07 Å². The molecule has 0 aromatic carbocycles. The maximum absolute atomic E-state index is 10.8. The van der Waals surface area contributed by atoms with Crippen LogP contribution < -0.4 is 10.6 Å². The summed E-state index contributed by atoms with van der Waals surface area (Å²) in [6, 6.07) is 1.87. The lowest BCUT2D eigenvalue weighted by Gasteiger charge is -2.32. The Bertz CT molecular complexity index is 387. The predicted molar refractivity (Wildman–Crippen MR) is 61.2 cm³/mol. The molecule has 0 saturated carbocycles. The minimum absolute atomic E-state index is 0.209. The van der Waals surface area contributed by atoms with Crippen molar-refractivity contribution in [2.24, 2.45) is 5.92 Å². The number of nitrogens with zero attached hydrogens (tertiary/aromatic N) is 2. The molecule has 1 aliphatic heterocycles. The lowest BCUT2D eigenvalue weighted by atomic mass is 9.97. The van der Waals surface area contributed by atoms with Gasteiger partial charge < -0.3 is 15.7 Å². The Hall–Kier alpha value is -1.78. The standard InChI is InChI=1S/C11H15N3O2/c12-9-7-13-4-1-10(9)14-5-2-8(3-6-14)11(15)16/h1,4,7-8H,2-3,5-6,12H2,(H,15,16). The van der Waals surface area contributed by atoms with Crippen LogP contribution in [-0.2, 0) is 4.79 Å². The van der Waals surface area contributed by atoms with Crippen molar-refractivity contribution in [2.45, 2.75) is 12.8 Å². The molecule has 0 bridgehead atoms. The number of aliphatic carboxylic acids is 1. The molecule has 0 spiro atoms. The third-order valence-electron chi connectivity index (χ3n) is 3.01. The van der Waals surface area contributed by atoms with Crippen LogP contribution in [0.5, 0.6) is 0 Å². The molecule has 0 amide bonds. The molecule has 5 heteroatoms. The third-order valence-corrected chi connectivity index (χ3v) is 3.01. The monoisotopic (exact) mass is 221 g/mol. The molecular weight excluding hydrogens is 206 g/mol. The Morgan fingerprint density at radius 2 is 2.19 bits per heavy atom. The minimum atomic E-state index is -0.692. The second kappa shape index (κ2) is 4.38. The van der Waals surface area contributed by atoms with Crippen molar-refractivity contribution in [1.29, 1.82) is 0 Å². The number of nitrogens with two attached hydrogens (primary N) is 1. The molecular formula is C11H15N3O2. The van der Waals surface area contributed by atoms with Gasteiger partial charge in [-0.25, -0.2) is 0 Å². The van der Waals surface area contributed by atoms with Crippen molar-refractivity contribution in [3.05, 3.63) is 18.5 Å². The quantitative estimate of drug-likeness (QED) is 0.777. The number of anilines is 2. The van der Waals surface area contributed by atoms with Gasteiger partial charge in [0.15, 0.2) is 0 Å². The van der Waals surface area contributed by atoms with Gasteiger partial charge in [-0.05, 0) is 18.9 Å². The van der Waals surface area contributed by atoms with Crippen molar-refractivity contribution >= 4 is 17.3 Å². The fourth-order valence-corrected chi connectivity index (χ4v) is 2.05. The van der Waals surface area contributed by atoms with E-state index in [-0.39, 0.29) is 5.92 Å². The Balaban J connectivity index is 2.05. The number of carbonyl (C=O) groups is 1. The number of hydrogen-bond donors (Lipinski definition) is 2. The molecule has 0 unspecified atom stereocenters. The number of hydrogen-bond acceptors (Lipinski definition) is 4. The molecule has 0 radical (unpaired) electrons. The normalized spacial score (nSPS) is 17.4. The maximum Gasteiger partial charge on any atom is 0.306 e. The van der Waals surface area contributed by atoms with Crippen LogP contribution in [0, 0.1) is 5.92 Å². The topological polar surface area (TPSA) is 79.5 Å². The lowest BCUT2D eigenvalue weighted by molar-refractivity contribution is -0.142. The van der Waals surface area contributed by atoms with Gasteiger partial charge in [0.05, 0.1) is 23.5 Å². The third kappa shape index (κ3) is 2.08. The molecule has 86 valence electrons. The molecule has 0 atom stereocenters. The van der Waals surface area contributed by atoms with Crippen LogP contribution in [-0.4, -0.2) is 29.1 Å². The summed E-state index contributed by atoms with van der Waals surface area (Å²) in [5, 5.41) is 8.90. The Labute approximate surface area is 93.9 Å². The number of piperidine rings is 1. The minimum Gasteiger partial charge on any atom is -0.481 e. The van der Waals surface area contributed by atoms with E-state index >= 15 is 0 Å². The molecule has 1 aromatic rings. The number of pyridine rings is 1. The summed E-state index contributed by atoms with van der Waals surface area (Å²) in [6.45, 7) is 1.48. The molecule has 1 aliphatic rings. The van der Waals surface area contributed by atoms with Gasteiger partial charge in [-0.1, -0.05) is 0 Å². The largest absolute Gasteiger partial charge is 0.481 e. The Kier molecular flexibility index (Phi) is 2.94. The molecule has 1 aromatic heterocycles. The van der Waals surface area contributed by atoms with Gasteiger partial charge in [-0.2, -0.15) is 0 Å². The predicted octanol–water partition coefficient (Wildman–Crippen LogP) is 0.965. The molecule has 2 rings (SSSR count). The molecule has 2 heterocycles. The first-order chi connectivity index (χ1) is 7.68. The van der Waals surface area contributed by atoms with E-state index < -0.39 is 5.97 Å². The zero-order valence-corrected chi connectivity index (χ0v) is 8.97. The van der Waals surface area contributed by atoms with E-state index in [1.165, 1.54) is 0 Å². The van der Waals surface area contributed by atoms with Crippen LogP contribution >= 0.6 is 0 Å². The van der Waals surface area contributed by atoms with E-state index in [0.29, 0.717) is 18.5 Å². The van der Waals surface area contributed by atoms with E-state index in [9.17, 15) is 4.79 Å². The van der Waals surface area contributed by atoms with Gasteiger partial charge in [0, 0.05) is 19.3 Å². The number of carboxylic acids is 1. The first kappa shape index (κ1) is 10.7. The first-order valence-electron chi connectivity index (χ1n) is 5.35. The number of nitrogen functional groups attached to an aromatic ring is 1. The fraction of sp³-hybridized carbons (Fsp3) is 0.455. The van der Waals surface area contributed by atoms with Crippen molar-refractivity contribution < 1.29 is 9.90 Å². The summed E-state index contributed by atoms with van der Waals surface area (Å²) in [7, 11) is 0. The highest BCUT2D eigenvalue weighted by Gasteiger charge is 2.25. The smallest absolute Gasteiger partial charge is 0.306 e. The lowest BCUT2D eigenvalue weighted by Crippen LogP contribution is -2.36. The van der Waals surface area contributed by atoms with Crippen molar-refractivity contribution in [3.63, 3.8) is 0 Å². The second-order valence-corrected chi connectivity index (χ2v) is 4.03. The van der Waals surface area contributed by atoms with E-state index in [1.54, 1.807) is 12.4 Å². The maximum atomic E-state index is 10.8.